The van der Waals surface area contributed by atoms with Gasteiger partial charge < -0.3 is 4.90 Å². The first kappa shape index (κ1) is 15.5. The largest absolute Gasteiger partial charge is 0.301 e. The summed E-state index contributed by atoms with van der Waals surface area (Å²) in [5.41, 5.74) is 3.36. The van der Waals surface area contributed by atoms with Crippen molar-refractivity contribution in [3.8, 4) is 0 Å². The van der Waals surface area contributed by atoms with E-state index >= 15 is 0 Å². The third-order valence-electron chi connectivity index (χ3n) is 3.63. The first-order valence-corrected chi connectivity index (χ1v) is 7.39. The van der Waals surface area contributed by atoms with Crippen molar-refractivity contribution in [3.63, 3.8) is 0 Å². The molecule has 0 spiro atoms. The number of Topliss-reactive ketones (excluding diaryl/α,β-unsaturated/α-hetero) is 1. The van der Waals surface area contributed by atoms with Crippen molar-refractivity contribution in [2.45, 2.75) is 20.4 Å². The Kier molecular flexibility index (Phi) is 5.29. The van der Waals surface area contributed by atoms with Gasteiger partial charge in [-0.1, -0.05) is 67.1 Å². The maximum absolute atomic E-state index is 12.4. The van der Waals surface area contributed by atoms with Crippen molar-refractivity contribution in [2.24, 2.45) is 5.92 Å². The number of carbonyl (C=O) groups excluding carboxylic acids is 1. The van der Waals surface area contributed by atoms with E-state index in [0.29, 0.717) is 0 Å². The number of hydrogen-bond donors (Lipinski definition) is 0. The predicted octanol–water partition coefficient (Wildman–Crippen LogP) is 3.95. The molecule has 2 rings (SSSR count). The zero-order valence-corrected chi connectivity index (χ0v) is 13.0. The molecule has 0 radical (unpaired) electrons. The minimum Gasteiger partial charge on any atom is -0.301 e. The number of ketones is 1. The number of carbonyl (C=O) groups is 1. The van der Waals surface area contributed by atoms with Gasteiger partial charge in [0.1, 0.15) is 0 Å². The molecule has 2 heteroatoms. The number of nitrogens with zero attached hydrogens (tertiary/aromatic N) is 1. The molecule has 0 N–H and O–H groups in total. The Morgan fingerprint density at radius 2 is 1.81 bits per heavy atom. The highest BCUT2D eigenvalue weighted by molar-refractivity contribution is 5.97. The van der Waals surface area contributed by atoms with E-state index in [9.17, 15) is 4.79 Å². The first-order valence-electron chi connectivity index (χ1n) is 7.39. The zero-order valence-electron chi connectivity index (χ0n) is 13.0. The number of aryl methyl sites for hydroxylation is 1. The Labute approximate surface area is 127 Å². The smallest absolute Gasteiger partial charge is 0.166 e. The van der Waals surface area contributed by atoms with Crippen molar-refractivity contribution in [2.75, 3.05) is 13.6 Å². The second kappa shape index (κ2) is 7.19. The second-order valence-electron chi connectivity index (χ2n) is 5.82. The van der Waals surface area contributed by atoms with E-state index in [4.69, 9.17) is 0 Å². The van der Waals surface area contributed by atoms with Crippen LogP contribution in [0.3, 0.4) is 0 Å². The van der Waals surface area contributed by atoms with Crippen LogP contribution >= 0.6 is 0 Å². The van der Waals surface area contributed by atoms with Crippen LogP contribution in [0.1, 0.15) is 28.4 Å². The maximum Gasteiger partial charge on any atom is 0.166 e. The van der Waals surface area contributed by atoms with E-state index in [1.807, 2.05) is 37.3 Å². The van der Waals surface area contributed by atoms with Crippen molar-refractivity contribution >= 4 is 5.78 Å². The molecule has 0 aliphatic rings. The summed E-state index contributed by atoms with van der Waals surface area (Å²) in [6.07, 6.45) is 0. The van der Waals surface area contributed by atoms with Crippen LogP contribution in [0.5, 0.6) is 0 Å². The summed E-state index contributed by atoms with van der Waals surface area (Å²) in [5, 5.41) is 0. The summed E-state index contributed by atoms with van der Waals surface area (Å²) >= 11 is 0. The van der Waals surface area contributed by atoms with Crippen LogP contribution in [-0.2, 0) is 6.54 Å². The van der Waals surface area contributed by atoms with Crippen LogP contribution in [0.2, 0.25) is 0 Å². The second-order valence-corrected chi connectivity index (χ2v) is 5.82. The third-order valence-corrected chi connectivity index (χ3v) is 3.63. The molecule has 2 aromatic carbocycles. The standard InChI is InChI=1S/C19H23NO/c1-15-8-7-9-17(12-15)14-20(3)13-16(2)19(21)18-10-5-4-6-11-18/h4-12,16H,13-14H2,1-3H3. The van der Waals surface area contributed by atoms with Gasteiger partial charge in [-0.3, -0.25) is 4.79 Å². The van der Waals surface area contributed by atoms with Crippen LogP contribution in [0, 0.1) is 12.8 Å². The van der Waals surface area contributed by atoms with Gasteiger partial charge in [-0.05, 0) is 19.5 Å². The third kappa shape index (κ3) is 4.54. The molecule has 0 aliphatic heterocycles. The molecule has 0 aromatic heterocycles. The molecule has 0 heterocycles. The van der Waals surface area contributed by atoms with E-state index in [2.05, 4.69) is 43.1 Å². The Bertz CT molecular complexity index is 592. The lowest BCUT2D eigenvalue weighted by Crippen LogP contribution is -2.28. The highest BCUT2D eigenvalue weighted by Gasteiger charge is 2.16. The van der Waals surface area contributed by atoms with E-state index in [-0.39, 0.29) is 11.7 Å². The maximum atomic E-state index is 12.4. The van der Waals surface area contributed by atoms with Gasteiger partial charge in [0.2, 0.25) is 0 Å². The molecule has 0 saturated heterocycles. The normalized spacial score (nSPS) is 12.4. The molecular formula is C19H23NO. The lowest BCUT2D eigenvalue weighted by molar-refractivity contribution is 0.0901. The average Bonchev–Trinajstić information content (AvgIpc) is 2.47. The summed E-state index contributed by atoms with van der Waals surface area (Å²) in [7, 11) is 2.07. The van der Waals surface area contributed by atoms with Gasteiger partial charge in [0, 0.05) is 24.6 Å². The fraction of sp³-hybridized carbons (Fsp3) is 0.316. The minimum absolute atomic E-state index is 0.00205. The Morgan fingerprint density at radius 1 is 1.10 bits per heavy atom. The quantitative estimate of drug-likeness (QED) is 0.747. The van der Waals surface area contributed by atoms with Gasteiger partial charge in [-0.2, -0.15) is 0 Å². The van der Waals surface area contributed by atoms with Crippen LogP contribution in [0.4, 0.5) is 0 Å². The topological polar surface area (TPSA) is 20.3 Å². The van der Waals surface area contributed by atoms with Crippen LogP contribution in [-0.4, -0.2) is 24.3 Å². The van der Waals surface area contributed by atoms with Crippen molar-refractivity contribution in [1.82, 2.24) is 4.90 Å². The predicted molar refractivity (Wildman–Crippen MR) is 87.4 cm³/mol. The number of benzene rings is 2. The molecule has 1 unspecified atom stereocenters. The van der Waals surface area contributed by atoms with Gasteiger partial charge in [0.05, 0.1) is 0 Å². The van der Waals surface area contributed by atoms with Gasteiger partial charge in [-0.25, -0.2) is 0 Å². The highest BCUT2D eigenvalue weighted by Crippen LogP contribution is 2.12. The van der Waals surface area contributed by atoms with Crippen LogP contribution < -0.4 is 0 Å². The molecule has 1 atom stereocenters. The first-order chi connectivity index (χ1) is 10.1. The van der Waals surface area contributed by atoms with E-state index in [1.54, 1.807) is 0 Å². The molecule has 0 amide bonds. The Balaban J connectivity index is 1.93. The van der Waals surface area contributed by atoms with E-state index in [1.165, 1.54) is 11.1 Å². The van der Waals surface area contributed by atoms with Gasteiger partial charge in [0.15, 0.2) is 5.78 Å². The van der Waals surface area contributed by atoms with Gasteiger partial charge in [0.25, 0.3) is 0 Å². The van der Waals surface area contributed by atoms with Crippen molar-refractivity contribution in [1.29, 1.82) is 0 Å². The fourth-order valence-electron chi connectivity index (χ4n) is 2.62. The van der Waals surface area contributed by atoms with Crippen molar-refractivity contribution < 1.29 is 4.79 Å². The summed E-state index contributed by atoms with van der Waals surface area (Å²) in [4.78, 5) is 14.6. The van der Waals surface area contributed by atoms with Crippen LogP contribution in [0.25, 0.3) is 0 Å². The van der Waals surface area contributed by atoms with Crippen molar-refractivity contribution in [3.05, 3.63) is 71.3 Å². The number of rotatable bonds is 6. The molecular weight excluding hydrogens is 258 g/mol. The molecule has 2 aromatic rings. The SMILES string of the molecule is Cc1cccc(CN(C)CC(C)C(=O)c2ccccc2)c1. The lowest BCUT2D eigenvalue weighted by Gasteiger charge is -2.21. The summed E-state index contributed by atoms with van der Waals surface area (Å²) in [5.74, 6) is 0.217. The summed E-state index contributed by atoms with van der Waals surface area (Å²) in [6, 6.07) is 18.0. The molecule has 0 fully saturated rings. The molecule has 0 saturated carbocycles. The summed E-state index contributed by atoms with van der Waals surface area (Å²) < 4.78 is 0. The van der Waals surface area contributed by atoms with E-state index in [0.717, 1.165) is 18.7 Å². The number of hydrogen-bond acceptors (Lipinski definition) is 2. The highest BCUT2D eigenvalue weighted by atomic mass is 16.1. The molecule has 2 nitrogen and oxygen atoms in total. The molecule has 0 bridgehead atoms. The average molecular weight is 281 g/mol. The Hall–Kier alpha value is -1.93. The van der Waals surface area contributed by atoms with Gasteiger partial charge >= 0.3 is 0 Å². The van der Waals surface area contributed by atoms with E-state index < -0.39 is 0 Å². The monoisotopic (exact) mass is 281 g/mol. The summed E-state index contributed by atoms with van der Waals surface area (Å²) in [6.45, 7) is 5.74. The minimum atomic E-state index is 0.00205. The molecule has 21 heavy (non-hydrogen) atoms. The fourth-order valence-corrected chi connectivity index (χ4v) is 2.62. The zero-order chi connectivity index (χ0) is 15.2. The lowest BCUT2D eigenvalue weighted by atomic mass is 9.99. The Morgan fingerprint density at radius 3 is 2.48 bits per heavy atom. The van der Waals surface area contributed by atoms with Gasteiger partial charge in [-0.15, -0.1) is 0 Å². The van der Waals surface area contributed by atoms with Crippen LogP contribution in [0.15, 0.2) is 54.6 Å². The molecule has 110 valence electrons. The molecule has 0 aliphatic carbocycles.